The Labute approximate surface area is 370 Å². The van der Waals surface area contributed by atoms with E-state index < -0.39 is 102 Å². The monoisotopic (exact) mass is 884 g/mol. The maximum Gasteiger partial charge on any atom is 0.348 e. The summed E-state index contributed by atoms with van der Waals surface area (Å²) < 4.78 is 35.2. The third-order valence-electron chi connectivity index (χ3n) is 11.1. The van der Waals surface area contributed by atoms with E-state index >= 15 is 0 Å². The Hall–Kier alpha value is -4.64. The van der Waals surface area contributed by atoms with Crippen molar-refractivity contribution in [3.63, 3.8) is 0 Å². The van der Waals surface area contributed by atoms with Gasteiger partial charge in [-0.3, -0.25) is 14.4 Å². The summed E-state index contributed by atoms with van der Waals surface area (Å²) in [7, 11) is 0. The van der Waals surface area contributed by atoms with Crippen molar-refractivity contribution in [3.8, 4) is 0 Å². The molecule has 0 aromatic heterocycles. The van der Waals surface area contributed by atoms with Crippen molar-refractivity contribution in [3.05, 3.63) is 53.1 Å². The van der Waals surface area contributed by atoms with Crippen molar-refractivity contribution < 1.29 is 67.4 Å². The molecule has 2 heterocycles. The van der Waals surface area contributed by atoms with E-state index in [1.807, 2.05) is 0 Å². The Kier molecular flexibility index (Phi) is 18.5. The molecule has 0 saturated carbocycles. The highest BCUT2D eigenvalue weighted by Crippen LogP contribution is 2.43. The van der Waals surface area contributed by atoms with Crippen LogP contribution in [0.5, 0.6) is 0 Å². The van der Waals surface area contributed by atoms with Crippen molar-refractivity contribution in [2.24, 2.45) is 5.41 Å². The summed E-state index contributed by atoms with van der Waals surface area (Å²) in [6.07, 6.45) is 6.03. The zero-order valence-electron chi connectivity index (χ0n) is 38.1. The molecule has 7 atom stereocenters. The van der Waals surface area contributed by atoms with E-state index in [0.717, 1.165) is 38.5 Å². The van der Waals surface area contributed by atoms with Gasteiger partial charge in [0.15, 0.2) is 5.79 Å². The minimum atomic E-state index is -1.45. The fraction of sp³-hybridized carbons (Fsp3) is 0.660. The van der Waals surface area contributed by atoms with Gasteiger partial charge in [-0.05, 0) is 76.8 Å². The van der Waals surface area contributed by atoms with Gasteiger partial charge in [-0.2, -0.15) is 0 Å². The van der Waals surface area contributed by atoms with Crippen molar-refractivity contribution in [1.29, 1.82) is 0 Å². The Balaban J connectivity index is 1.51. The van der Waals surface area contributed by atoms with Gasteiger partial charge < -0.3 is 49.3 Å². The molecule has 0 bridgehead atoms. The highest BCUT2D eigenvalue weighted by Gasteiger charge is 2.53. The van der Waals surface area contributed by atoms with E-state index in [1.165, 1.54) is 31.2 Å². The number of carbonyl (C=O) groups is 6. The maximum atomic E-state index is 14.0. The summed E-state index contributed by atoms with van der Waals surface area (Å²) in [5, 5.41) is 25.9. The van der Waals surface area contributed by atoms with E-state index in [2.05, 4.69) is 24.5 Å². The first-order valence-electron chi connectivity index (χ1n) is 22.2. The highest BCUT2D eigenvalue weighted by atomic mass is 16.8. The minimum Gasteiger partial charge on any atom is -0.462 e. The number of amides is 2. The SMILES string of the molecule is CCCCCC1(CCCCC)O[C@@H]2[C@@H](C=C(C(=O)N[C@@H](C(=O)N[C@H](CO)CCC(=O)OC(C)(C)C)[C@H](C)O)C[C@H]2OC(=O)c2ccc(C=CC(=O)O[C@H]3C(=O)OCC3(C)C)cc2)O1. The lowest BCUT2D eigenvalue weighted by Gasteiger charge is -2.31. The third-order valence-corrected chi connectivity index (χ3v) is 11.1. The Morgan fingerprint density at radius 1 is 0.952 bits per heavy atom. The summed E-state index contributed by atoms with van der Waals surface area (Å²) in [5.74, 6) is -4.98. The van der Waals surface area contributed by atoms with Gasteiger partial charge in [0, 0.05) is 42.7 Å². The number of ether oxygens (including phenoxy) is 6. The minimum absolute atomic E-state index is 0.0565. The quantitative estimate of drug-likeness (QED) is 0.0512. The molecule has 350 valence electrons. The second-order valence-electron chi connectivity index (χ2n) is 18.4. The Morgan fingerprint density at radius 2 is 1.60 bits per heavy atom. The van der Waals surface area contributed by atoms with Crippen LogP contribution in [-0.4, -0.2) is 113 Å². The van der Waals surface area contributed by atoms with E-state index in [4.69, 9.17) is 28.4 Å². The van der Waals surface area contributed by atoms with Gasteiger partial charge in [-0.25, -0.2) is 14.4 Å². The first-order valence-corrected chi connectivity index (χ1v) is 22.2. The summed E-state index contributed by atoms with van der Waals surface area (Å²) in [6, 6.07) is 3.96. The topological polar surface area (TPSA) is 222 Å². The molecular formula is C47H68N2O14. The number of carbonyl (C=O) groups excluding carboxylic acids is 6. The van der Waals surface area contributed by atoms with Crippen LogP contribution in [-0.2, 0) is 52.4 Å². The summed E-state index contributed by atoms with van der Waals surface area (Å²) >= 11 is 0. The van der Waals surface area contributed by atoms with Crippen LogP contribution in [0.15, 0.2) is 42.0 Å². The van der Waals surface area contributed by atoms with Gasteiger partial charge in [0.25, 0.3) is 0 Å². The number of benzene rings is 1. The lowest BCUT2D eigenvalue weighted by atomic mass is 9.90. The normalized spacial score (nSPS) is 22.8. The predicted octanol–water partition coefficient (Wildman–Crippen LogP) is 5.16. The van der Waals surface area contributed by atoms with Gasteiger partial charge in [0.2, 0.25) is 17.9 Å². The van der Waals surface area contributed by atoms with E-state index in [-0.39, 0.29) is 37.0 Å². The molecule has 1 aliphatic carbocycles. The number of hydrogen-bond donors (Lipinski definition) is 4. The van der Waals surface area contributed by atoms with Crippen molar-refractivity contribution in [1.82, 2.24) is 10.6 Å². The maximum absolute atomic E-state index is 14.0. The van der Waals surface area contributed by atoms with Crippen LogP contribution in [0.3, 0.4) is 0 Å². The molecule has 2 fully saturated rings. The van der Waals surface area contributed by atoms with Crippen LogP contribution < -0.4 is 10.6 Å². The summed E-state index contributed by atoms with van der Waals surface area (Å²) in [4.78, 5) is 78.1. The van der Waals surface area contributed by atoms with Gasteiger partial charge in [-0.1, -0.05) is 65.5 Å². The molecule has 63 heavy (non-hydrogen) atoms. The van der Waals surface area contributed by atoms with Crippen LogP contribution in [0.4, 0.5) is 0 Å². The number of aliphatic hydroxyl groups is 2. The average Bonchev–Trinajstić information content (AvgIpc) is 3.71. The average molecular weight is 885 g/mol. The molecule has 1 aromatic rings. The molecule has 2 aliphatic heterocycles. The number of rotatable bonds is 22. The Morgan fingerprint density at radius 3 is 2.16 bits per heavy atom. The molecule has 0 unspecified atom stereocenters. The van der Waals surface area contributed by atoms with Crippen molar-refractivity contribution >= 4 is 41.8 Å². The summed E-state index contributed by atoms with van der Waals surface area (Å²) in [6.45, 7) is 13.9. The molecule has 1 aromatic carbocycles. The van der Waals surface area contributed by atoms with Crippen LogP contribution in [0.25, 0.3) is 6.08 Å². The van der Waals surface area contributed by atoms with E-state index in [0.29, 0.717) is 18.4 Å². The number of nitrogens with one attached hydrogen (secondary N) is 2. The largest absolute Gasteiger partial charge is 0.462 e. The van der Waals surface area contributed by atoms with Gasteiger partial charge in [0.05, 0.1) is 24.3 Å². The first-order chi connectivity index (χ1) is 29.7. The number of cyclic esters (lactones) is 1. The van der Waals surface area contributed by atoms with Gasteiger partial charge >= 0.3 is 23.9 Å². The molecule has 16 heteroatoms. The zero-order valence-corrected chi connectivity index (χ0v) is 38.1. The standard InChI is InChI=1S/C47H68N2O14/c1-9-11-13-23-47(24-14-12-10-2)61-35-26-32(41(54)49-38(29(3)51)42(55)48-33(27-50)20-22-37(53)62-45(4,5)6)25-34(39(35)63-47)59-43(56)31-18-15-30(16-19-31)17-21-36(52)60-40-44(57)58-28-46(40,7)8/h15-19,21,26,29,33-35,38-40,50-51H,9-14,20,22-25,27-28H2,1-8H3,(H,48,55)(H,49,54)/t29-,33-,34+,35+,38+,39-,40-/m0/s1. The van der Waals surface area contributed by atoms with Crippen LogP contribution in [0, 0.1) is 5.41 Å². The van der Waals surface area contributed by atoms with Crippen molar-refractivity contribution in [2.45, 2.75) is 180 Å². The number of unbranched alkanes of at least 4 members (excludes halogenated alkanes) is 4. The molecule has 0 radical (unpaired) electrons. The fourth-order valence-corrected chi connectivity index (χ4v) is 7.61. The number of hydrogen-bond acceptors (Lipinski definition) is 14. The lowest BCUT2D eigenvalue weighted by molar-refractivity contribution is -0.190. The number of fused-ring (bicyclic) bond motifs is 1. The van der Waals surface area contributed by atoms with Crippen LogP contribution in [0.1, 0.15) is 142 Å². The molecule has 0 spiro atoms. The summed E-state index contributed by atoms with van der Waals surface area (Å²) in [5.41, 5.74) is -0.454. The van der Waals surface area contributed by atoms with Gasteiger partial charge in [-0.15, -0.1) is 0 Å². The molecule has 2 saturated heterocycles. The second kappa shape index (κ2) is 22.8. The lowest BCUT2D eigenvalue weighted by Crippen LogP contribution is -2.55. The second-order valence-corrected chi connectivity index (χ2v) is 18.4. The first kappa shape index (κ1) is 51.0. The fourth-order valence-electron chi connectivity index (χ4n) is 7.61. The van der Waals surface area contributed by atoms with E-state index in [9.17, 15) is 39.0 Å². The smallest absolute Gasteiger partial charge is 0.348 e. The molecule has 2 amide bonds. The molecule has 16 nitrogen and oxygen atoms in total. The predicted molar refractivity (Wildman–Crippen MR) is 230 cm³/mol. The zero-order chi connectivity index (χ0) is 46.5. The van der Waals surface area contributed by atoms with Crippen LogP contribution in [0.2, 0.25) is 0 Å². The molecule has 3 aliphatic rings. The van der Waals surface area contributed by atoms with Gasteiger partial charge in [0.1, 0.15) is 36.6 Å². The highest BCUT2D eigenvalue weighted by molar-refractivity contribution is 5.98. The van der Waals surface area contributed by atoms with Crippen LogP contribution >= 0.6 is 0 Å². The van der Waals surface area contributed by atoms with E-state index in [1.54, 1.807) is 52.8 Å². The number of esters is 4. The number of aliphatic hydroxyl groups excluding tert-OH is 2. The van der Waals surface area contributed by atoms with Crippen molar-refractivity contribution in [2.75, 3.05) is 13.2 Å². The molecule has 4 rings (SSSR count). The third kappa shape index (κ3) is 15.0. The Bertz CT molecular complexity index is 1800. The molecular weight excluding hydrogens is 817 g/mol. The molecule has 4 N–H and O–H groups in total.